The van der Waals surface area contributed by atoms with Gasteiger partial charge in [-0.1, -0.05) is 0 Å². The van der Waals surface area contributed by atoms with E-state index in [2.05, 4.69) is 20.6 Å². The first-order valence-electron chi connectivity index (χ1n) is 11.7. The number of aromatic nitrogens is 2. The summed E-state index contributed by atoms with van der Waals surface area (Å²) in [7, 11) is 0. The number of halogens is 2. The topological polar surface area (TPSA) is 90.3 Å². The summed E-state index contributed by atoms with van der Waals surface area (Å²) in [5.74, 6) is 0.389. The highest BCUT2D eigenvalue weighted by atomic mass is 19.3. The summed E-state index contributed by atoms with van der Waals surface area (Å²) in [6.07, 6.45) is 9.14. The van der Waals surface area contributed by atoms with Crippen LogP contribution in [0.3, 0.4) is 0 Å². The zero-order valence-electron chi connectivity index (χ0n) is 19.5. The Bertz CT molecular complexity index is 1050. The van der Waals surface area contributed by atoms with Gasteiger partial charge in [0.05, 0.1) is 0 Å². The van der Waals surface area contributed by atoms with E-state index in [9.17, 15) is 19.0 Å². The Labute approximate surface area is 198 Å². The van der Waals surface area contributed by atoms with Gasteiger partial charge in [-0.25, -0.2) is 13.8 Å². The molecule has 0 spiro atoms. The second-order valence-corrected chi connectivity index (χ2v) is 9.57. The summed E-state index contributed by atoms with van der Waals surface area (Å²) >= 11 is 0. The second kappa shape index (κ2) is 9.80. The van der Waals surface area contributed by atoms with Crippen LogP contribution in [0, 0.1) is 11.8 Å². The van der Waals surface area contributed by atoms with Gasteiger partial charge in [-0.2, -0.15) is 0 Å². The third-order valence-corrected chi connectivity index (χ3v) is 7.18. The predicted octanol–water partition coefficient (Wildman–Crippen LogP) is 4.66. The number of nitrogens with zero attached hydrogens (tertiary/aromatic N) is 2. The van der Waals surface area contributed by atoms with E-state index in [1.807, 2.05) is 31.2 Å². The summed E-state index contributed by atoms with van der Waals surface area (Å²) in [6, 6.07) is 6.36. The Morgan fingerprint density at radius 1 is 1.24 bits per heavy atom. The number of nitrogens with one attached hydrogen (secondary N) is 2. The maximum absolute atomic E-state index is 13.4. The fourth-order valence-electron chi connectivity index (χ4n) is 5.12. The molecule has 2 aromatic rings. The number of pyridine rings is 2. The van der Waals surface area contributed by atoms with Crippen LogP contribution in [0.15, 0.2) is 60.6 Å². The lowest BCUT2D eigenvalue weighted by molar-refractivity contribution is -0.0687. The summed E-state index contributed by atoms with van der Waals surface area (Å²) in [6.45, 7) is 3.87. The molecule has 1 fully saturated rings. The Morgan fingerprint density at radius 3 is 2.65 bits per heavy atom. The molecule has 2 unspecified atom stereocenters. The number of aliphatic hydroxyl groups is 2. The third kappa shape index (κ3) is 4.83. The lowest BCUT2D eigenvalue weighted by atomic mass is 9.68. The Balaban J connectivity index is 1.75. The van der Waals surface area contributed by atoms with Crippen LogP contribution in [0.5, 0.6) is 0 Å². The SMILES string of the molecule is CC1=CC(Nc2cc(C(F)F)ccn2)(C(C)(O)[C@H]2CC[C@H](CO)CC2)NC(c2cccnc2)=C1. The van der Waals surface area contributed by atoms with E-state index in [0.717, 1.165) is 42.5 Å². The van der Waals surface area contributed by atoms with E-state index in [1.54, 1.807) is 19.3 Å². The number of anilines is 1. The minimum atomic E-state index is -2.63. The molecule has 4 N–H and O–H groups in total. The molecule has 0 amide bonds. The van der Waals surface area contributed by atoms with Gasteiger partial charge in [-0.15, -0.1) is 0 Å². The van der Waals surface area contributed by atoms with E-state index in [1.165, 1.54) is 18.3 Å². The molecule has 1 aliphatic carbocycles. The van der Waals surface area contributed by atoms with Crippen molar-refractivity contribution in [1.29, 1.82) is 0 Å². The number of dihydropyridines is 1. The standard InChI is InChI=1S/C26H32F2N4O2/c1-17-12-22(20-4-3-10-29-15-20)31-26(14-17,32-23-13-19(24(27)28)9-11-30-23)25(2,34)21-7-5-18(16-33)6-8-21/h3-4,9-15,18,21,24,31,33-34H,5-8,16H2,1-2H3,(H,30,32)/t18-,21-,25?,26?. The first-order valence-corrected chi connectivity index (χ1v) is 11.7. The van der Waals surface area contributed by atoms with Crippen molar-refractivity contribution in [2.45, 2.75) is 57.2 Å². The normalized spacial score (nSPS) is 26.8. The van der Waals surface area contributed by atoms with Crippen LogP contribution in [0.25, 0.3) is 5.70 Å². The first kappa shape index (κ1) is 24.3. The van der Waals surface area contributed by atoms with E-state index in [4.69, 9.17) is 0 Å². The van der Waals surface area contributed by atoms with Crippen LogP contribution >= 0.6 is 0 Å². The average molecular weight is 471 g/mol. The molecule has 2 aliphatic rings. The van der Waals surface area contributed by atoms with Gasteiger partial charge in [-0.05, 0) is 93.4 Å². The number of alkyl halides is 2. The first-order chi connectivity index (χ1) is 16.2. The zero-order chi connectivity index (χ0) is 24.3. The number of allylic oxidation sites excluding steroid dienone is 2. The van der Waals surface area contributed by atoms with Crippen LogP contribution in [0.4, 0.5) is 14.6 Å². The molecule has 1 aliphatic heterocycles. The minimum absolute atomic E-state index is 0.0918. The lowest BCUT2D eigenvalue weighted by Crippen LogP contribution is -2.68. The van der Waals surface area contributed by atoms with Crippen molar-refractivity contribution in [3.8, 4) is 0 Å². The number of rotatable bonds is 7. The van der Waals surface area contributed by atoms with Gasteiger partial charge in [0.1, 0.15) is 11.4 Å². The van der Waals surface area contributed by atoms with Crippen LogP contribution < -0.4 is 10.6 Å². The van der Waals surface area contributed by atoms with Gasteiger partial charge in [-0.3, -0.25) is 4.98 Å². The highest BCUT2D eigenvalue weighted by molar-refractivity contribution is 5.70. The van der Waals surface area contributed by atoms with Crippen molar-refractivity contribution in [2.24, 2.45) is 11.8 Å². The largest absolute Gasteiger partial charge is 0.396 e. The molecule has 6 nitrogen and oxygen atoms in total. The third-order valence-electron chi connectivity index (χ3n) is 7.18. The molecule has 8 heteroatoms. The van der Waals surface area contributed by atoms with E-state index in [0.29, 0.717) is 0 Å². The van der Waals surface area contributed by atoms with Crippen LogP contribution in [0.1, 0.15) is 57.1 Å². The molecule has 4 rings (SSSR count). The molecular formula is C26H32F2N4O2. The van der Waals surface area contributed by atoms with Gasteiger partial charge in [0.25, 0.3) is 6.43 Å². The van der Waals surface area contributed by atoms with Gasteiger partial charge >= 0.3 is 0 Å². The molecule has 182 valence electrons. The van der Waals surface area contributed by atoms with Crippen molar-refractivity contribution >= 4 is 11.5 Å². The monoisotopic (exact) mass is 470 g/mol. The van der Waals surface area contributed by atoms with Crippen LogP contribution in [-0.2, 0) is 0 Å². The summed E-state index contributed by atoms with van der Waals surface area (Å²) in [5.41, 5.74) is -0.180. The van der Waals surface area contributed by atoms with Gasteiger partial charge in [0.15, 0.2) is 5.66 Å². The number of aliphatic hydroxyl groups excluding tert-OH is 1. The second-order valence-electron chi connectivity index (χ2n) is 9.57. The fraction of sp³-hybridized carbons (Fsp3) is 0.462. The zero-order valence-corrected chi connectivity index (χ0v) is 19.5. The van der Waals surface area contributed by atoms with Gasteiger partial charge in [0, 0.05) is 42.0 Å². The quantitative estimate of drug-likeness (QED) is 0.471. The van der Waals surface area contributed by atoms with Crippen LogP contribution in [-0.4, -0.2) is 38.1 Å². The highest BCUT2D eigenvalue weighted by Gasteiger charge is 2.52. The molecule has 2 aromatic heterocycles. The predicted molar refractivity (Wildman–Crippen MR) is 128 cm³/mol. The Morgan fingerprint density at radius 2 is 2.00 bits per heavy atom. The molecule has 0 radical (unpaired) electrons. The molecular weight excluding hydrogens is 438 g/mol. The van der Waals surface area contributed by atoms with Crippen molar-refractivity contribution in [1.82, 2.24) is 15.3 Å². The van der Waals surface area contributed by atoms with Gasteiger partial charge < -0.3 is 20.8 Å². The average Bonchev–Trinajstić information content (AvgIpc) is 2.84. The maximum atomic E-state index is 13.4. The molecule has 3 heterocycles. The molecule has 1 saturated carbocycles. The van der Waals surface area contributed by atoms with Crippen molar-refractivity contribution < 1.29 is 19.0 Å². The molecule has 34 heavy (non-hydrogen) atoms. The Kier molecular flexibility index (Phi) is 7.00. The molecule has 2 atom stereocenters. The van der Waals surface area contributed by atoms with Crippen LogP contribution in [0.2, 0.25) is 0 Å². The fourth-order valence-corrected chi connectivity index (χ4v) is 5.12. The number of hydrogen-bond donors (Lipinski definition) is 4. The van der Waals surface area contributed by atoms with Crippen molar-refractivity contribution in [3.63, 3.8) is 0 Å². The van der Waals surface area contributed by atoms with E-state index in [-0.39, 0.29) is 29.8 Å². The molecule has 0 bridgehead atoms. The summed E-state index contributed by atoms with van der Waals surface area (Å²) in [4.78, 5) is 8.49. The molecule has 0 aromatic carbocycles. The van der Waals surface area contributed by atoms with Crippen molar-refractivity contribution in [3.05, 3.63) is 71.7 Å². The van der Waals surface area contributed by atoms with E-state index >= 15 is 0 Å². The summed E-state index contributed by atoms with van der Waals surface area (Å²) < 4.78 is 26.8. The lowest BCUT2D eigenvalue weighted by Gasteiger charge is -2.52. The van der Waals surface area contributed by atoms with Crippen molar-refractivity contribution in [2.75, 3.05) is 11.9 Å². The highest BCUT2D eigenvalue weighted by Crippen LogP contribution is 2.44. The smallest absolute Gasteiger partial charge is 0.264 e. The van der Waals surface area contributed by atoms with E-state index < -0.39 is 17.7 Å². The number of hydrogen-bond acceptors (Lipinski definition) is 6. The maximum Gasteiger partial charge on any atom is 0.264 e. The molecule has 0 saturated heterocycles. The summed E-state index contributed by atoms with van der Waals surface area (Å²) in [5, 5.41) is 28.5. The minimum Gasteiger partial charge on any atom is -0.396 e. The Hall–Kier alpha value is -2.84. The van der Waals surface area contributed by atoms with Gasteiger partial charge in [0.2, 0.25) is 0 Å².